The third-order valence-electron chi connectivity index (χ3n) is 3.44. The predicted octanol–water partition coefficient (Wildman–Crippen LogP) is 2.12. The molecule has 0 fully saturated rings. The molecule has 0 saturated carbocycles. The highest BCUT2D eigenvalue weighted by atomic mass is 32.2. The van der Waals surface area contributed by atoms with Crippen LogP contribution in [-0.4, -0.2) is 36.1 Å². The van der Waals surface area contributed by atoms with Gasteiger partial charge in [-0.3, -0.25) is 0 Å². The summed E-state index contributed by atoms with van der Waals surface area (Å²) in [6.45, 7) is 6.40. The standard InChI is InChI=1S/C15H21NO4S/c1-15(2,3)10-21(19,20)16-7-6-11-4-5-12(14(17)18)8-13(11)9-16/h4-5,8H,6-7,9-10H2,1-3H3,(H,17,18). The number of rotatable bonds is 3. The number of hydrogen-bond acceptors (Lipinski definition) is 3. The fraction of sp³-hybridized carbons (Fsp3) is 0.533. The number of carboxylic acids is 1. The molecular formula is C15H21NO4S. The van der Waals surface area contributed by atoms with Gasteiger partial charge in [0.25, 0.3) is 0 Å². The maximum atomic E-state index is 12.4. The Morgan fingerprint density at radius 3 is 2.52 bits per heavy atom. The molecule has 0 saturated heterocycles. The van der Waals surface area contributed by atoms with Crippen molar-refractivity contribution < 1.29 is 18.3 Å². The number of hydrogen-bond donors (Lipinski definition) is 1. The van der Waals surface area contributed by atoms with Crippen molar-refractivity contribution in [3.8, 4) is 0 Å². The van der Waals surface area contributed by atoms with Gasteiger partial charge in [0.1, 0.15) is 0 Å². The number of fused-ring (bicyclic) bond motifs is 1. The van der Waals surface area contributed by atoms with Gasteiger partial charge in [0.15, 0.2) is 0 Å². The lowest BCUT2D eigenvalue weighted by atomic mass is 9.98. The molecule has 0 unspecified atom stereocenters. The van der Waals surface area contributed by atoms with E-state index in [1.807, 2.05) is 20.8 Å². The fourth-order valence-electron chi connectivity index (χ4n) is 2.54. The zero-order valence-corrected chi connectivity index (χ0v) is 13.4. The molecule has 21 heavy (non-hydrogen) atoms. The van der Waals surface area contributed by atoms with E-state index in [-0.39, 0.29) is 23.3 Å². The van der Waals surface area contributed by atoms with Crippen molar-refractivity contribution in [3.63, 3.8) is 0 Å². The molecule has 1 aromatic rings. The molecule has 1 aliphatic heterocycles. The molecule has 116 valence electrons. The van der Waals surface area contributed by atoms with Crippen molar-refractivity contribution in [2.75, 3.05) is 12.3 Å². The van der Waals surface area contributed by atoms with Crippen molar-refractivity contribution in [3.05, 3.63) is 34.9 Å². The van der Waals surface area contributed by atoms with Gasteiger partial charge in [-0.15, -0.1) is 0 Å². The van der Waals surface area contributed by atoms with E-state index in [1.54, 1.807) is 18.2 Å². The summed E-state index contributed by atoms with van der Waals surface area (Å²) in [5.41, 5.74) is 1.71. The first-order chi connectivity index (χ1) is 9.58. The molecule has 1 heterocycles. The largest absolute Gasteiger partial charge is 0.478 e. The van der Waals surface area contributed by atoms with E-state index >= 15 is 0 Å². The summed E-state index contributed by atoms with van der Waals surface area (Å²) >= 11 is 0. The molecule has 1 aromatic carbocycles. The van der Waals surface area contributed by atoms with Crippen LogP contribution in [-0.2, 0) is 23.0 Å². The van der Waals surface area contributed by atoms with Crippen LogP contribution in [0.25, 0.3) is 0 Å². The van der Waals surface area contributed by atoms with Gasteiger partial charge in [-0.05, 0) is 35.1 Å². The van der Waals surface area contributed by atoms with Crippen LogP contribution in [0.15, 0.2) is 18.2 Å². The molecule has 0 bridgehead atoms. The maximum Gasteiger partial charge on any atom is 0.335 e. The molecule has 2 rings (SSSR count). The summed E-state index contributed by atoms with van der Waals surface area (Å²) in [5.74, 6) is -0.902. The minimum absolute atomic E-state index is 0.0912. The van der Waals surface area contributed by atoms with Crippen molar-refractivity contribution in [1.82, 2.24) is 4.31 Å². The van der Waals surface area contributed by atoms with E-state index in [4.69, 9.17) is 5.11 Å². The monoisotopic (exact) mass is 311 g/mol. The van der Waals surface area contributed by atoms with Crippen LogP contribution in [0.5, 0.6) is 0 Å². The molecule has 0 aliphatic carbocycles. The Balaban J connectivity index is 2.26. The van der Waals surface area contributed by atoms with E-state index in [1.165, 1.54) is 4.31 Å². The average molecular weight is 311 g/mol. The molecular weight excluding hydrogens is 290 g/mol. The molecule has 1 aliphatic rings. The highest BCUT2D eigenvalue weighted by molar-refractivity contribution is 7.89. The average Bonchev–Trinajstić information content (AvgIpc) is 2.34. The van der Waals surface area contributed by atoms with Gasteiger partial charge < -0.3 is 5.11 Å². The molecule has 0 radical (unpaired) electrons. The zero-order chi connectivity index (χ0) is 15.8. The molecule has 5 nitrogen and oxygen atoms in total. The van der Waals surface area contributed by atoms with Gasteiger partial charge in [-0.25, -0.2) is 13.2 Å². The van der Waals surface area contributed by atoms with Gasteiger partial charge >= 0.3 is 5.97 Å². The molecule has 0 amide bonds. The van der Waals surface area contributed by atoms with Gasteiger partial charge in [0.2, 0.25) is 10.0 Å². The van der Waals surface area contributed by atoms with Crippen molar-refractivity contribution in [2.45, 2.75) is 33.7 Å². The summed E-state index contributed by atoms with van der Waals surface area (Å²) in [5, 5.41) is 9.03. The first-order valence-electron chi connectivity index (χ1n) is 6.91. The van der Waals surface area contributed by atoms with E-state index in [0.717, 1.165) is 11.1 Å². The van der Waals surface area contributed by atoms with Crippen LogP contribution in [0.4, 0.5) is 0 Å². The lowest BCUT2D eigenvalue weighted by Crippen LogP contribution is -2.40. The van der Waals surface area contributed by atoms with Crippen LogP contribution in [0.2, 0.25) is 0 Å². The minimum Gasteiger partial charge on any atom is -0.478 e. The van der Waals surface area contributed by atoms with Gasteiger partial charge in [-0.2, -0.15) is 4.31 Å². The third kappa shape index (κ3) is 3.83. The molecule has 1 N–H and O–H groups in total. The van der Waals surface area contributed by atoms with E-state index in [2.05, 4.69) is 0 Å². The van der Waals surface area contributed by atoms with Crippen molar-refractivity contribution in [1.29, 1.82) is 0 Å². The second-order valence-electron chi connectivity index (χ2n) is 6.69. The summed E-state index contributed by atoms with van der Waals surface area (Å²) in [7, 11) is -3.33. The highest BCUT2D eigenvalue weighted by Crippen LogP contribution is 2.25. The van der Waals surface area contributed by atoms with Gasteiger partial charge in [-0.1, -0.05) is 26.8 Å². The zero-order valence-electron chi connectivity index (χ0n) is 12.6. The normalized spacial score (nSPS) is 16.5. The van der Waals surface area contributed by atoms with E-state index in [0.29, 0.717) is 13.0 Å². The minimum atomic E-state index is -3.33. The van der Waals surface area contributed by atoms with Crippen molar-refractivity contribution >= 4 is 16.0 Å². The molecule has 0 spiro atoms. The highest BCUT2D eigenvalue weighted by Gasteiger charge is 2.30. The number of carbonyl (C=O) groups is 1. The van der Waals surface area contributed by atoms with Crippen LogP contribution >= 0.6 is 0 Å². The second kappa shape index (κ2) is 5.42. The molecule has 0 aromatic heterocycles. The van der Waals surface area contributed by atoms with Gasteiger partial charge in [0, 0.05) is 13.1 Å². The van der Waals surface area contributed by atoms with Gasteiger partial charge in [0.05, 0.1) is 11.3 Å². The number of sulfonamides is 1. The lowest BCUT2D eigenvalue weighted by Gasteiger charge is -2.30. The number of benzene rings is 1. The Kier molecular flexibility index (Phi) is 4.13. The molecule has 0 atom stereocenters. The summed E-state index contributed by atoms with van der Waals surface area (Å²) < 4.78 is 26.3. The Hall–Kier alpha value is -1.40. The first-order valence-corrected chi connectivity index (χ1v) is 8.52. The van der Waals surface area contributed by atoms with E-state index in [9.17, 15) is 13.2 Å². The third-order valence-corrected chi connectivity index (χ3v) is 5.77. The summed E-state index contributed by atoms with van der Waals surface area (Å²) in [6, 6.07) is 4.93. The maximum absolute atomic E-state index is 12.4. The van der Waals surface area contributed by atoms with Crippen LogP contribution < -0.4 is 0 Å². The number of carboxylic acid groups (broad SMARTS) is 1. The molecule has 6 heteroatoms. The second-order valence-corrected chi connectivity index (χ2v) is 8.66. The Bertz CT molecular complexity index is 659. The topological polar surface area (TPSA) is 74.7 Å². The Labute approximate surface area is 125 Å². The van der Waals surface area contributed by atoms with E-state index < -0.39 is 16.0 Å². The van der Waals surface area contributed by atoms with Crippen LogP contribution in [0.1, 0.15) is 42.3 Å². The van der Waals surface area contributed by atoms with Crippen LogP contribution in [0, 0.1) is 5.41 Å². The number of nitrogens with zero attached hydrogens (tertiary/aromatic N) is 1. The Morgan fingerprint density at radius 1 is 1.29 bits per heavy atom. The smallest absolute Gasteiger partial charge is 0.335 e. The predicted molar refractivity (Wildman–Crippen MR) is 80.8 cm³/mol. The SMILES string of the molecule is CC(C)(C)CS(=O)(=O)N1CCc2ccc(C(=O)O)cc2C1. The fourth-order valence-corrected chi connectivity index (χ4v) is 4.52. The number of aromatic carboxylic acids is 1. The van der Waals surface area contributed by atoms with Crippen molar-refractivity contribution in [2.24, 2.45) is 5.41 Å². The first kappa shape index (κ1) is 16.0. The Morgan fingerprint density at radius 2 is 1.95 bits per heavy atom. The van der Waals surface area contributed by atoms with Crippen LogP contribution in [0.3, 0.4) is 0 Å². The quantitative estimate of drug-likeness (QED) is 0.928. The summed E-state index contributed by atoms with van der Waals surface area (Å²) in [6.07, 6.45) is 0.624. The summed E-state index contributed by atoms with van der Waals surface area (Å²) in [4.78, 5) is 11.0. The lowest BCUT2D eigenvalue weighted by molar-refractivity contribution is 0.0696.